The summed E-state index contributed by atoms with van der Waals surface area (Å²) in [5, 5.41) is 6.47. The molecule has 152 valence electrons. The molecule has 10 heteroatoms. The summed E-state index contributed by atoms with van der Waals surface area (Å²) in [6.45, 7) is 5.07. The predicted molar refractivity (Wildman–Crippen MR) is 99.1 cm³/mol. The van der Waals surface area contributed by atoms with Crippen LogP contribution in [0.25, 0.3) is 5.78 Å². The Labute approximate surface area is 164 Å². The number of hydrogen-bond donors (Lipinski definition) is 1. The smallest absolute Gasteiger partial charge is 0.306 e. The van der Waals surface area contributed by atoms with Gasteiger partial charge in [-0.1, -0.05) is 0 Å². The minimum atomic E-state index is -1.10. The molecule has 0 aliphatic rings. The molecule has 0 aliphatic carbocycles. The van der Waals surface area contributed by atoms with Gasteiger partial charge in [0.05, 0.1) is 0 Å². The molecule has 0 fully saturated rings. The normalized spacial score (nSPS) is 12.0. The Balaban J connectivity index is 1.57. The van der Waals surface area contributed by atoms with Crippen LogP contribution in [-0.4, -0.2) is 37.6 Å². The Morgan fingerprint density at radius 1 is 1.24 bits per heavy atom. The van der Waals surface area contributed by atoms with Crippen LogP contribution in [0.3, 0.4) is 0 Å². The van der Waals surface area contributed by atoms with Gasteiger partial charge in [0.2, 0.25) is 0 Å². The number of halogens is 2. The second kappa shape index (κ2) is 8.29. The van der Waals surface area contributed by atoms with E-state index in [-0.39, 0.29) is 12.1 Å². The Hall–Kier alpha value is -3.43. The third kappa shape index (κ3) is 4.53. The molecular weight excluding hydrogens is 384 g/mol. The van der Waals surface area contributed by atoms with Gasteiger partial charge in [0.25, 0.3) is 11.7 Å². The minimum Gasteiger partial charge on any atom is -0.453 e. The minimum absolute atomic E-state index is 0.0341. The maximum Gasteiger partial charge on any atom is 0.306 e. The van der Waals surface area contributed by atoms with Crippen molar-refractivity contribution in [1.82, 2.24) is 19.6 Å². The van der Waals surface area contributed by atoms with E-state index in [0.717, 1.165) is 29.1 Å². The van der Waals surface area contributed by atoms with Gasteiger partial charge in [-0.25, -0.2) is 18.3 Å². The Morgan fingerprint density at radius 2 is 2.00 bits per heavy atom. The number of nitrogens with zero attached hydrogens (tertiary/aromatic N) is 4. The van der Waals surface area contributed by atoms with Gasteiger partial charge in [-0.3, -0.25) is 9.59 Å². The number of carbonyl (C=O) groups excluding carboxylic acids is 2. The second-order valence-electron chi connectivity index (χ2n) is 6.48. The summed E-state index contributed by atoms with van der Waals surface area (Å²) >= 11 is 0. The molecule has 1 atom stereocenters. The van der Waals surface area contributed by atoms with Crippen molar-refractivity contribution in [3.8, 4) is 0 Å². The van der Waals surface area contributed by atoms with Crippen LogP contribution in [0, 0.1) is 25.5 Å². The van der Waals surface area contributed by atoms with Crippen molar-refractivity contribution in [2.45, 2.75) is 39.7 Å². The van der Waals surface area contributed by atoms with Crippen molar-refractivity contribution in [3.63, 3.8) is 0 Å². The summed E-state index contributed by atoms with van der Waals surface area (Å²) in [5.74, 6) is -2.85. The third-order valence-corrected chi connectivity index (χ3v) is 4.43. The highest BCUT2D eigenvalue weighted by molar-refractivity contribution is 5.95. The largest absolute Gasteiger partial charge is 0.453 e. The zero-order valence-corrected chi connectivity index (χ0v) is 16.1. The average Bonchev–Trinajstić information content (AvgIpc) is 3.13. The van der Waals surface area contributed by atoms with E-state index in [2.05, 4.69) is 20.4 Å². The first-order valence-corrected chi connectivity index (χ1v) is 8.87. The molecule has 0 saturated carbocycles. The zero-order valence-electron chi connectivity index (χ0n) is 16.1. The molecule has 0 aliphatic heterocycles. The SMILES string of the molecule is Cc1nc2ncnn2c(C)c1CCC(=O)O[C@@H](C)C(=O)Nc1ccc(F)c(F)c1. The van der Waals surface area contributed by atoms with Crippen LogP contribution in [0.15, 0.2) is 24.5 Å². The molecule has 1 amide bonds. The quantitative estimate of drug-likeness (QED) is 0.635. The summed E-state index contributed by atoms with van der Waals surface area (Å²) in [6.07, 6.45) is 0.692. The van der Waals surface area contributed by atoms with Gasteiger partial charge < -0.3 is 10.1 Å². The van der Waals surface area contributed by atoms with E-state index in [9.17, 15) is 18.4 Å². The first-order chi connectivity index (χ1) is 13.8. The first kappa shape index (κ1) is 20.3. The van der Waals surface area contributed by atoms with Crippen LogP contribution in [0.1, 0.15) is 30.3 Å². The number of anilines is 1. The number of nitrogens with one attached hydrogen (secondary N) is 1. The molecule has 29 heavy (non-hydrogen) atoms. The van der Waals surface area contributed by atoms with E-state index in [1.807, 2.05) is 13.8 Å². The maximum absolute atomic E-state index is 13.2. The molecule has 3 aromatic rings. The molecule has 0 saturated heterocycles. The van der Waals surface area contributed by atoms with Crippen LogP contribution in [0.2, 0.25) is 0 Å². The Kier molecular flexibility index (Phi) is 5.81. The Bertz CT molecular complexity index is 1080. The molecule has 2 heterocycles. The molecule has 0 bridgehead atoms. The van der Waals surface area contributed by atoms with Gasteiger partial charge in [-0.2, -0.15) is 10.1 Å². The molecule has 0 unspecified atom stereocenters. The summed E-state index contributed by atoms with van der Waals surface area (Å²) in [7, 11) is 0. The van der Waals surface area contributed by atoms with Gasteiger partial charge in [0.15, 0.2) is 17.7 Å². The third-order valence-electron chi connectivity index (χ3n) is 4.43. The fraction of sp³-hybridized carbons (Fsp3) is 0.316. The van der Waals surface area contributed by atoms with E-state index in [1.165, 1.54) is 19.3 Å². The number of benzene rings is 1. The fourth-order valence-corrected chi connectivity index (χ4v) is 2.87. The maximum atomic E-state index is 13.2. The summed E-state index contributed by atoms with van der Waals surface area (Å²) < 4.78 is 32.9. The zero-order chi connectivity index (χ0) is 21.1. The topological polar surface area (TPSA) is 98.5 Å². The number of fused-ring (bicyclic) bond motifs is 1. The van der Waals surface area contributed by atoms with Gasteiger partial charge in [0.1, 0.15) is 6.33 Å². The van der Waals surface area contributed by atoms with Crippen molar-refractivity contribution in [1.29, 1.82) is 0 Å². The molecular formula is C19H19F2N5O3. The van der Waals surface area contributed by atoms with Crippen molar-refractivity contribution < 1.29 is 23.1 Å². The van der Waals surface area contributed by atoms with Crippen molar-refractivity contribution >= 4 is 23.3 Å². The highest BCUT2D eigenvalue weighted by Crippen LogP contribution is 2.16. The van der Waals surface area contributed by atoms with Crippen molar-refractivity contribution in [3.05, 3.63) is 53.1 Å². The van der Waals surface area contributed by atoms with Gasteiger partial charge in [-0.15, -0.1) is 0 Å². The summed E-state index contributed by atoms with van der Waals surface area (Å²) in [4.78, 5) is 32.6. The summed E-state index contributed by atoms with van der Waals surface area (Å²) in [6, 6.07) is 2.95. The number of ether oxygens (including phenoxy) is 1. The Morgan fingerprint density at radius 3 is 2.72 bits per heavy atom. The molecule has 3 rings (SSSR count). The van der Waals surface area contributed by atoms with E-state index in [4.69, 9.17) is 4.74 Å². The fourth-order valence-electron chi connectivity index (χ4n) is 2.87. The van der Waals surface area contributed by atoms with E-state index < -0.39 is 29.6 Å². The molecule has 2 aromatic heterocycles. The van der Waals surface area contributed by atoms with Gasteiger partial charge in [-0.05, 0) is 44.9 Å². The molecule has 1 aromatic carbocycles. The van der Waals surface area contributed by atoms with Crippen LogP contribution >= 0.6 is 0 Å². The number of hydrogen-bond acceptors (Lipinski definition) is 6. The molecule has 0 spiro atoms. The van der Waals surface area contributed by atoms with E-state index in [1.54, 1.807) is 4.52 Å². The first-order valence-electron chi connectivity index (χ1n) is 8.87. The number of esters is 1. The van der Waals surface area contributed by atoms with Crippen LogP contribution in [0.4, 0.5) is 14.5 Å². The predicted octanol–water partition coefficient (Wildman–Crippen LogP) is 2.52. The highest BCUT2D eigenvalue weighted by Gasteiger charge is 2.19. The highest BCUT2D eigenvalue weighted by atomic mass is 19.2. The van der Waals surface area contributed by atoms with Crippen LogP contribution in [0.5, 0.6) is 0 Å². The lowest BCUT2D eigenvalue weighted by atomic mass is 10.1. The van der Waals surface area contributed by atoms with Gasteiger partial charge in [0, 0.05) is 29.6 Å². The lowest BCUT2D eigenvalue weighted by molar-refractivity contribution is -0.153. The lowest BCUT2D eigenvalue weighted by Crippen LogP contribution is -2.30. The number of aromatic nitrogens is 4. The van der Waals surface area contributed by atoms with Crippen LogP contribution in [-0.2, 0) is 20.7 Å². The van der Waals surface area contributed by atoms with E-state index >= 15 is 0 Å². The molecule has 8 nitrogen and oxygen atoms in total. The van der Waals surface area contributed by atoms with Crippen molar-refractivity contribution in [2.24, 2.45) is 0 Å². The monoisotopic (exact) mass is 403 g/mol. The average molecular weight is 403 g/mol. The summed E-state index contributed by atoms with van der Waals surface area (Å²) in [5.41, 5.74) is 2.47. The number of amides is 1. The van der Waals surface area contributed by atoms with Crippen molar-refractivity contribution in [2.75, 3.05) is 5.32 Å². The molecule has 1 N–H and O–H groups in total. The van der Waals surface area contributed by atoms with Crippen LogP contribution < -0.4 is 5.32 Å². The lowest BCUT2D eigenvalue weighted by Gasteiger charge is -2.14. The van der Waals surface area contributed by atoms with Gasteiger partial charge >= 0.3 is 5.97 Å². The van der Waals surface area contributed by atoms with E-state index in [0.29, 0.717) is 12.2 Å². The second-order valence-corrected chi connectivity index (χ2v) is 6.48. The number of rotatable bonds is 6. The standard InChI is InChI=1S/C19H19F2N5O3/c1-10-14(11(2)26-19(24-10)22-9-23-26)5-7-17(27)29-12(3)18(28)25-13-4-6-15(20)16(21)8-13/h4,6,8-9,12H,5,7H2,1-3H3,(H,25,28)/t12-/m0/s1. The number of aryl methyl sites for hydroxylation is 2. The number of carbonyl (C=O) groups is 2. The molecule has 0 radical (unpaired) electrons.